The van der Waals surface area contributed by atoms with Crippen molar-refractivity contribution in [2.75, 3.05) is 13.2 Å². The van der Waals surface area contributed by atoms with Crippen molar-refractivity contribution in [2.24, 2.45) is 5.92 Å². The molecule has 0 saturated carbocycles. The maximum atomic E-state index is 12.0. The topological polar surface area (TPSA) is 67.4 Å². The van der Waals surface area contributed by atoms with Crippen LogP contribution in [0.4, 0.5) is 4.79 Å². The van der Waals surface area contributed by atoms with Gasteiger partial charge in [-0.1, -0.05) is 33.1 Å². The van der Waals surface area contributed by atoms with Gasteiger partial charge in [0.25, 0.3) is 0 Å². The van der Waals surface area contributed by atoms with E-state index in [9.17, 15) is 9.59 Å². The monoisotopic (exact) mass is 312 g/mol. The maximum absolute atomic E-state index is 12.0. The number of amides is 2. The number of unbranched alkanes of at least 4 members (excludes halogenated alkanes) is 2. The summed E-state index contributed by atoms with van der Waals surface area (Å²) in [4.78, 5) is 23.4. The molecule has 2 atom stereocenters. The zero-order valence-electron chi connectivity index (χ0n) is 14.4. The molecule has 1 saturated heterocycles. The molecule has 0 bridgehead atoms. The second-order valence-electron chi connectivity index (χ2n) is 6.56. The summed E-state index contributed by atoms with van der Waals surface area (Å²) in [6.07, 6.45) is 7.64. The van der Waals surface area contributed by atoms with Crippen LogP contribution >= 0.6 is 0 Å². The molecule has 2 amide bonds. The molecule has 0 spiro atoms. The SMILES string of the molecule is CCCCOC(=O)C(CC)CCCCC1(C)CCNC(=O)N1. The third kappa shape index (κ3) is 6.67. The van der Waals surface area contributed by atoms with E-state index in [2.05, 4.69) is 24.5 Å². The number of carbonyl (C=O) groups excluding carboxylic acids is 2. The summed E-state index contributed by atoms with van der Waals surface area (Å²) in [5.41, 5.74) is -0.105. The highest BCUT2D eigenvalue weighted by molar-refractivity contribution is 5.75. The second-order valence-corrected chi connectivity index (χ2v) is 6.56. The van der Waals surface area contributed by atoms with Crippen molar-refractivity contribution in [2.45, 2.75) is 77.7 Å². The Morgan fingerprint density at radius 1 is 1.32 bits per heavy atom. The number of hydrogen-bond acceptors (Lipinski definition) is 3. The molecule has 2 unspecified atom stereocenters. The maximum Gasteiger partial charge on any atom is 0.315 e. The van der Waals surface area contributed by atoms with E-state index in [1.54, 1.807) is 0 Å². The lowest BCUT2D eigenvalue weighted by molar-refractivity contribution is -0.149. The van der Waals surface area contributed by atoms with Gasteiger partial charge in [0.15, 0.2) is 0 Å². The van der Waals surface area contributed by atoms with Crippen LogP contribution in [0.2, 0.25) is 0 Å². The largest absolute Gasteiger partial charge is 0.465 e. The summed E-state index contributed by atoms with van der Waals surface area (Å²) < 4.78 is 5.31. The number of hydrogen-bond donors (Lipinski definition) is 2. The van der Waals surface area contributed by atoms with Crippen molar-refractivity contribution >= 4 is 12.0 Å². The van der Waals surface area contributed by atoms with Gasteiger partial charge in [-0.15, -0.1) is 0 Å². The van der Waals surface area contributed by atoms with Crippen molar-refractivity contribution in [3.05, 3.63) is 0 Å². The Hall–Kier alpha value is -1.26. The van der Waals surface area contributed by atoms with E-state index < -0.39 is 0 Å². The molecular weight excluding hydrogens is 280 g/mol. The third-order valence-electron chi connectivity index (χ3n) is 4.48. The average Bonchev–Trinajstić information content (AvgIpc) is 2.47. The first kappa shape index (κ1) is 18.8. The highest BCUT2D eigenvalue weighted by atomic mass is 16.5. The minimum atomic E-state index is -0.105. The first-order chi connectivity index (χ1) is 10.5. The van der Waals surface area contributed by atoms with E-state index in [4.69, 9.17) is 4.74 Å². The van der Waals surface area contributed by atoms with Crippen LogP contribution in [0.3, 0.4) is 0 Å². The summed E-state index contributed by atoms with van der Waals surface area (Å²) >= 11 is 0. The van der Waals surface area contributed by atoms with Crippen LogP contribution in [-0.4, -0.2) is 30.7 Å². The Morgan fingerprint density at radius 3 is 2.73 bits per heavy atom. The van der Waals surface area contributed by atoms with Crippen LogP contribution in [0.1, 0.15) is 72.1 Å². The molecule has 1 aliphatic heterocycles. The molecule has 0 aromatic carbocycles. The van der Waals surface area contributed by atoms with E-state index in [0.717, 1.165) is 57.9 Å². The van der Waals surface area contributed by atoms with Crippen LogP contribution in [0.25, 0.3) is 0 Å². The molecule has 1 fully saturated rings. The fraction of sp³-hybridized carbons (Fsp3) is 0.882. The normalized spacial score (nSPS) is 22.6. The number of carbonyl (C=O) groups is 2. The number of esters is 1. The second kappa shape index (κ2) is 9.70. The van der Waals surface area contributed by atoms with Crippen LogP contribution in [0.5, 0.6) is 0 Å². The smallest absolute Gasteiger partial charge is 0.315 e. The van der Waals surface area contributed by atoms with Crippen molar-refractivity contribution < 1.29 is 14.3 Å². The number of ether oxygens (including phenoxy) is 1. The summed E-state index contributed by atoms with van der Waals surface area (Å²) in [5.74, 6) is -0.0235. The molecule has 0 aromatic rings. The Bertz CT molecular complexity index is 360. The molecular formula is C17H32N2O3. The van der Waals surface area contributed by atoms with Crippen LogP contribution in [-0.2, 0) is 9.53 Å². The molecule has 2 N–H and O–H groups in total. The molecule has 1 rings (SSSR count). The number of rotatable bonds is 10. The predicted molar refractivity (Wildman–Crippen MR) is 87.7 cm³/mol. The minimum absolute atomic E-state index is 0.0206. The minimum Gasteiger partial charge on any atom is -0.465 e. The fourth-order valence-electron chi connectivity index (χ4n) is 2.85. The first-order valence-corrected chi connectivity index (χ1v) is 8.73. The molecule has 5 nitrogen and oxygen atoms in total. The summed E-state index contributed by atoms with van der Waals surface area (Å²) in [7, 11) is 0. The van der Waals surface area contributed by atoms with Gasteiger partial charge in [-0.3, -0.25) is 4.79 Å². The summed E-state index contributed by atoms with van der Waals surface area (Å²) in [6, 6.07) is -0.0697. The zero-order chi connectivity index (χ0) is 16.4. The highest BCUT2D eigenvalue weighted by Gasteiger charge is 2.29. The molecule has 0 aromatic heterocycles. The Labute approximate surface area is 134 Å². The zero-order valence-corrected chi connectivity index (χ0v) is 14.4. The molecule has 5 heteroatoms. The van der Waals surface area contributed by atoms with Crippen molar-refractivity contribution in [1.82, 2.24) is 10.6 Å². The lowest BCUT2D eigenvalue weighted by Gasteiger charge is -2.35. The molecule has 128 valence electrons. The van der Waals surface area contributed by atoms with Gasteiger partial charge in [-0.2, -0.15) is 0 Å². The van der Waals surface area contributed by atoms with E-state index in [1.807, 2.05) is 6.92 Å². The summed E-state index contributed by atoms with van der Waals surface area (Å²) in [5, 5.41) is 5.79. The Kier molecular flexibility index (Phi) is 8.28. The van der Waals surface area contributed by atoms with Crippen LogP contribution in [0, 0.1) is 5.92 Å². The lowest BCUT2D eigenvalue weighted by Crippen LogP contribution is -2.56. The Morgan fingerprint density at radius 2 is 2.09 bits per heavy atom. The third-order valence-corrected chi connectivity index (χ3v) is 4.48. The van der Waals surface area contributed by atoms with Crippen LogP contribution < -0.4 is 10.6 Å². The van der Waals surface area contributed by atoms with E-state index in [-0.39, 0.29) is 23.5 Å². The van der Waals surface area contributed by atoms with Gasteiger partial charge in [-0.25, -0.2) is 4.79 Å². The van der Waals surface area contributed by atoms with E-state index in [1.165, 1.54) is 0 Å². The van der Waals surface area contributed by atoms with Crippen molar-refractivity contribution in [3.8, 4) is 0 Å². The summed E-state index contributed by atoms with van der Waals surface area (Å²) in [6.45, 7) is 7.51. The molecule has 0 radical (unpaired) electrons. The average molecular weight is 312 g/mol. The van der Waals surface area contributed by atoms with Gasteiger partial charge in [0.2, 0.25) is 0 Å². The predicted octanol–water partition coefficient (Wildman–Crippen LogP) is 3.38. The Balaban J connectivity index is 2.23. The quantitative estimate of drug-likeness (QED) is 0.480. The van der Waals surface area contributed by atoms with Gasteiger partial charge >= 0.3 is 12.0 Å². The molecule has 1 heterocycles. The molecule has 0 aliphatic carbocycles. The van der Waals surface area contributed by atoms with E-state index in [0.29, 0.717) is 6.61 Å². The van der Waals surface area contributed by atoms with E-state index >= 15 is 0 Å². The van der Waals surface area contributed by atoms with Gasteiger partial charge in [0.05, 0.1) is 12.5 Å². The van der Waals surface area contributed by atoms with Gasteiger partial charge in [0, 0.05) is 12.1 Å². The standard InChI is InChI=1S/C17H32N2O3/c1-4-6-13-22-15(20)14(5-2)9-7-8-10-17(3)11-12-18-16(21)19-17/h14H,4-13H2,1-3H3,(H2,18,19,21). The van der Waals surface area contributed by atoms with Gasteiger partial charge in [0.1, 0.15) is 0 Å². The van der Waals surface area contributed by atoms with Crippen molar-refractivity contribution in [3.63, 3.8) is 0 Å². The number of nitrogens with one attached hydrogen (secondary N) is 2. The van der Waals surface area contributed by atoms with Crippen LogP contribution in [0.15, 0.2) is 0 Å². The molecule has 1 aliphatic rings. The van der Waals surface area contributed by atoms with Gasteiger partial charge in [-0.05, 0) is 39.0 Å². The highest BCUT2D eigenvalue weighted by Crippen LogP contribution is 2.22. The van der Waals surface area contributed by atoms with Crippen molar-refractivity contribution in [1.29, 1.82) is 0 Å². The fourth-order valence-corrected chi connectivity index (χ4v) is 2.85. The number of urea groups is 1. The lowest BCUT2D eigenvalue weighted by atomic mass is 9.88. The molecule has 22 heavy (non-hydrogen) atoms. The first-order valence-electron chi connectivity index (χ1n) is 8.73. The van der Waals surface area contributed by atoms with Gasteiger partial charge < -0.3 is 15.4 Å².